The summed E-state index contributed by atoms with van der Waals surface area (Å²) in [4.78, 5) is 27.4. The number of rotatable bonds is 6. The number of benzene rings is 2. The molecule has 0 spiro atoms. The molecule has 1 saturated heterocycles. The van der Waals surface area contributed by atoms with Crippen molar-refractivity contribution >= 4 is 67.7 Å². The fraction of sp³-hybridized carbons (Fsp3) is 0.348. The highest BCUT2D eigenvalue weighted by Crippen LogP contribution is 2.36. The van der Waals surface area contributed by atoms with E-state index in [-0.39, 0.29) is 34.3 Å². The number of carbonyl (C=O) groups excluding carboxylic acids is 2. The number of thioether (sulfide) groups is 1. The van der Waals surface area contributed by atoms with Crippen LogP contribution in [0.2, 0.25) is 10.0 Å². The molecular weight excluding hydrogens is 517 g/mol. The van der Waals surface area contributed by atoms with Crippen molar-refractivity contribution in [2.24, 2.45) is 4.40 Å². The van der Waals surface area contributed by atoms with Crippen LogP contribution >= 0.6 is 35.0 Å². The molecule has 0 bridgehead atoms. The lowest BCUT2D eigenvalue weighted by atomic mass is 9.94. The van der Waals surface area contributed by atoms with E-state index in [1.54, 1.807) is 24.3 Å². The zero-order chi connectivity index (χ0) is 24.3. The SMILES string of the molecule is O=C(C[C@H]1SC(=NS(=O)(=O)c2ccc(Cl)cc2)N(C2CCCCC2)C1=O)Nc1ccc(Cl)cc1. The van der Waals surface area contributed by atoms with Gasteiger partial charge in [0.15, 0.2) is 5.17 Å². The molecule has 1 N–H and O–H groups in total. The lowest BCUT2D eigenvalue weighted by Crippen LogP contribution is -2.42. The molecule has 7 nitrogen and oxygen atoms in total. The van der Waals surface area contributed by atoms with Crippen LogP contribution in [0.1, 0.15) is 38.5 Å². The summed E-state index contributed by atoms with van der Waals surface area (Å²) in [6.45, 7) is 0. The summed E-state index contributed by atoms with van der Waals surface area (Å²) in [5.74, 6) is -0.633. The molecule has 0 aromatic heterocycles. The second kappa shape index (κ2) is 10.7. The highest BCUT2D eigenvalue weighted by Gasteiger charge is 2.43. The Hall–Kier alpha value is -2.07. The summed E-state index contributed by atoms with van der Waals surface area (Å²) in [6.07, 6.45) is 4.44. The smallest absolute Gasteiger partial charge is 0.284 e. The first-order valence-electron chi connectivity index (χ1n) is 10.9. The third kappa shape index (κ3) is 5.94. The van der Waals surface area contributed by atoms with Gasteiger partial charge in [0.25, 0.3) is 10.0 Å². The molecule has 2 aromatic carbocycles. The maximum absolute atomic E-state index is 13.3. The average Bonchev–Trinajstić information content (AvgIpc) is 3.10. The van der Waals surface area contributed by atoms with E-state index in [9.17, 15) is 18.0 Å². The summed E-state index contributed by atoms with van der Waals surface area (Å²) < 4.78 is 30.0. The Labute approximate surface area is 213 Å². The van der Waals surface area contributed by atoms with Crippen molar-refractivity contribution in [3.05, 3.63) is 58.6 Å². The second-order valence-electron chi connectivity index (χ2n) is 8.17. The van der Waals surface area contributed by atoms with Crippen LogP contribution in [-0.4, -0.2) is 41.6 Å². The van der Waals surface area contributed by atoms with E-state index in [1.807, 2.05) is 0 Å². The average molecular weight is 540 g/mol. The third-order valence-electron chi connectivity index (χ3n) is 5.72. The number of nitrogens with zero attached hydrogens (tertiary/aromatic N) is 2. The van der Waals surface area contributed by atoms with Crippen LogP contribution < -0.4 is 5.32 Å². The summed E-state index contributed by atoms with van der Waals surface area (Å²) in [7, 11) is -4.06. The Morgan fingerprint density at radius 3 is 2.21 bits per heavy atom. The molecule has 1 atom stereocenters. The van der Waals surface area contributed by atoms with Crippen molar-refractivity contribution < 1.29 is 18.0 Å². The van der Waals surface area contributed by atoms with Gasteiger partial charge in [-0.2, -0.15) is 8.42 Å². The van der Waals surface area contributed by atoms with Gasteiger partial charge in [0, 0.05) is 28.2 Å². The topological polar surface area (TPSA) is 95.9 Å². The molecule has 2 fully saturated rings. The van der Waals surface area contributed by atoms with Gasteiger partial charge in [0.2, 0.25) is 11.8 Å². The summed E-state index contributed by atoms with van der Waals surface area (Å²) >= 11 is 12.8. The van der Waals surface area contributed by atoms with Crippen LogP contribution in [0.15, 0.2) is 57.8 Å². The van der Waals surface area contributed by atoms with E-state index in [2.05, 4.69) is 9.71 Å². The molecule has 1 heterocycles. The predicted octanol–water partition coefficient (Wildman–Crippen LogP) is 5.34. The molecule has 1 saturated carbocycles. The summed E-state index contributed by atoms with van der Waals surface area (Å²) in [6, 6.07) is 12.2. The van der Waals surface area contributed by atoms with E-state index in [1.165, 1.54) is 29.2 Å². The second-order valence-corrected chi connectivity index (χ2v) is 11.8. The number of hydrogen-bond donors (Lipinski definition) is 1. The molecule has 0 unspecified atom stereocenters. The van der Waals surface area contributed by atoms with Crippen LogP contribution in [-0.2, 0) is 19.6 Å². The Balaban J connectivity index is 1.57. The predicted molar refractivity (Wildman–Crippen MR) is 136 cm³/mol. The van der Waals surface area contributed by atoms with Crippen molar-refractivity contribution in [3.63, 3.8) is 0 Å². The Morgan fingerprint density at radius 1 is 1.00 bits per heavy atom. The lowest BCUT2D eigenvalue weighted by Gasteiger charge is -2.30. The molecule has 1 aliphatic carbocycles. The van der Waals surface area contributed by atoms with Crippen LogP contribution in [0.5, 0.6) is 0 Å². The monoisotopic (exact) mass is 539 g/mol. The van der Waals surface area contributed by atoms with E-state index >= 15 is 0 Å². The molecule has 2 aliphatic rings. The number of sulfonamides is 1. The first-order chi connectivity index (χ1) is 16.2. The van der Waals surface area contributed by atoms with E-state index < -0.39 is 15.3 Å². The molecule has 2 aromatic rings. The van der Waals surface area contributed by atoms with Crippen molar-refractivity contribution in [3.8, 4) is 0 Å². The van der Waals surface area contributed by atoms with Crippen molar-refractivity contribution in [2.75, 3.05) is 5.32 Å². The van der Waals surface area contributed by atoms with Crippen LogP contribution in [0, 0.1) is 0 Å². The van der Waals surface area contributed by atoms with Crippen LogP contribution in [0.25, 0.3) is 0 Å². The van der Waals surface area contributed by atoms with Gasteiger partial charge in [0.1, 0.15) is 5.25 Å². The van der Waals surface area contributed by atoms with Gasteiger partial charge < -0.3 is 5.32 Å². The van der Waals surface area contributed by atoms with E-state index in [4.69, 9.17) is 23.2 Å². The zero-order valence-electron chi connectivity index (χ0n) is 18.1. The number of halogens is 2. The van der Waals surface area contributed by atoms with Gasteiger partial charge in [-0.1, -0.05) is 54.2 Å². The van der Waals surface area contributed by atoms with Gasteiger partial charge in [-0.3, -0.25) is 14.5 Å². The van der Waals surface area contributed by atoms with E-state index in [0.717, 1.165) is 43.9 Å². The third-order valence-corrected chi connectivity index (χ3v) is 8.77. The standard InChI is InChI=1S/C23H23Cl2N3O4S2/c24-15-6-10-17(11-7-15)26-21(29)14-20-22(30)28(18-4-2-1-3-5-18)23(33-20)27-34(31,32)19-12-8-16(25)9-13-19/h6-13,18,20H,1-5,14H2,(H,26,29)/t20-/m1/s1. The molecule has 180 valence electrons. The fourth-order valence-electron chi connectivity index (χ4n) is 4.03. The van der Waals surface area contributed by atoms with Gasteiger partial charge >= 0.3 is 0 Å². The Bertz CT molecular complexity index is 1200. The minimum absolute atomic E-state index is 0.00928. The van der Waals surface area contributed by atoms with E-state index in [0.29, 0.717) is 15.7 Å². The summed E-state index contributed by atoms with van der Waals surface area (Å²) in [5, 5.41) is 3.07. The number of amides is 2. The number of nitrogens with one attached hydrogen (secondary N) is 1. The molecule has 0 radical (unpaired) electrons. The van der Waals surface area contributed by atoms with Gasteiger partial charge in [0.05, 0.1) is 4.90 Å². The normalized spacial score (nSPS) is 20.6. The summed E-state index contributed by atoms with van der Waals surface area (Å²) in [5.41, 5.74) is 0.563. The van der Waals surface area contributed by atoms with Crippen LogP contribution in [0.4, 0.5) is 5.69 Å². The maximum Gasteiger partial charge on any atom is 0.284 e. The Morgan fingerprint density at radius 2 is 1.59 bits per heavy atom. The van der Waals surface area contributed by atoms with Gasteiger partial charge in [-0.25, -0.2) is 0 Å². The van der Waals surface area contributed by atoms with Gasteiger partial charge in [-0.15, -0.1) is 4.40 Å². The quantitative estimate of drug-likeness (QED) is 0.534. The van der Waals surface area contributed by atoms with Crippen molar-refractivity contribution in [1.82, 2.24) is 4.90 Å². The molecule has 11 heteroatoms. The van der Waals surface area contributed by atoms with Crippen LogP contribution in [0.3, 0.4) is 0 Å². The Kier molecular flexibility index (Phi) is 7.87. The number of hydrogen-bond acceptors (Lipinski definition) is 5. The minimum atomic E-state index is -4.06. The van der Waals surface area contributed by atoms with Crippen molar-refractivity contribution in [1.29, 1.82) is 0 Å². The molecule has 2 amide bonds. The fourth-order valence-corrected chi connectivity index (χ4v) is 6.68. The lowest BCUT2D eigenvalue weighted by molar-refractivity contribution is -0.130. The molecule has 1 aliphatic heterocycles. The highest BCUT2D eigenvalue weighted by atomic mass is 35.5. The first kappa shape index (κ1) is 25.0. The zero-order valence-corrected chi connectivity index (χ0v) is 21.3. The highest BCUT2D eigenvalue weighted by molar-refractivity contribution is 8.16. The first-order valence-corrected chi connectivity index (χ1v) is 14.0. The molecular formula is C23H23Cl2N3O4S2. The largest absolute Gasteiger partial charge is 0.326 e. The number of amidine groups is 1. The number of carbonyl (C=O) groups is 2. The van der Waals surface area contributed by atoms with Crippen molar-refractivity contribution in [2.45, 2.75) is 54.7 Å². The van der Waals surface area contributed by atoms with Gasteiger partial charge in [-0.05, 0) is 61.4 Å². The molecule has 4 rings (SSSR count). The number of anilines is 1. The maximum atomic E-state index is 13.3. The molecule has 34 heavy (non-hydrogen) atoms. The minimum Gasteiger partial charge on any atom is -0.326 e.